The Hall–Kier alpha value is -3.42. The fourth-order valence-electron chi connectivity index (χ4n) is 4.32. The van der Waals surface area contributed by atoms with Crippen LogP contribution >= 0.6 is 24.0 Å². The maximum absolute atomic E-state index is 5.87. The number of rotatable bonds is 6. The molecule has 1 atom stereocenters. The quantitative estimate of drug-likeness (QED) is 0.229. The lowest BCUT2D eigenvalue weighted by Gasteiger charge is -2.37. The van der Waals surface area contributed by atoms with E-state index in [1.807, 2.05) is 41.3 Å². The Kier molecular flexibility index (Phi) is 6.70. The lowest BCUT2D eigenvalue weighted by Crippen LogP contribution is -2.46. The van der Waals surface area contributed by atoms with Crippen molar-refractivity contribution in [1.82, 2.24) is 15.5 Å². The smallest absolute Gasteiger partial charge is 0.258 e. The van der Waals surface area contributed by atoms with Gasteiger partial charge in [-0.05, 0) is 61.1 Å². The molecule has 4 aromatic rings. The van der Waals surface area contributed by atoms with Crippen LogP contribution in [-0.2, 0) is 6.42 Å². The van der Waals surface area contributed by atoms with E-state index in [1.54, 1.807) is 11.8 Å². The first-order valence-corrected chi connectivity index (χ1v) is 13.2. The minimum atomic E-state index is -0.209. The van der Waals surface area contributed by atoms with E-state index in [9.17, 15) is 0 Å². The first-order chi connectivity index (χ1) is 17.1. The van der Waals surface area contributed by atoms with Gasteiger partial charge in [-0.15, -0.1) is 11.8 Å². The van der Waals surface area contributed by atoms with Gasteiger partial charge in [0, 0.05) is 21.8 Å². The lowest BCUT2D eigenvalue weighted by molar-refractivity contribution is 0.404. The minimum absolute atomic E-state index is 0.209. The van der Waals surface area contributed by atoms with Crippen LogP contribution in [0.15, 0.2) is 94.0 Å². The summed E-state index contributed by atoms with van der Waals surface area (Å²) in [5, 5.41) is 8.48. The van der Waals surface area contributed by atoms with Crippen LogP contribution in [-0.4, -0.2) is 21.5 Å². The number of hydrogen-bond acceptors (Lipinski definition) is 5. The number of thioether (sulfide) groups is 1. The summed E-state index contributed by atoms with van der Waals surface area (Å²) in [5.41, 5.74) is 6.13. The third-order valence-corrected chi connectivity index (χ3v) is 7.23. The Morgan fingerprint density at radius 3 is 2.51 bits per heavy atom. The lowest BCUT2D eigenvalue weighted by atomic mass is 9.94. The summed E-state index contributed by atoms with van der Waals surface area (Å²) in [5.74, 6) is 1.05. The molecule has 1 aliphatic heterocycles. The molecule has 35 heavy (non-hydrogen) atoms. The van der Waals surface area contributed by atoms with E-state index < -0.39 is 0 Å². The van der Waals surface area contributed by atoms with Gasteiger partial charge in [0.05, 0.1) is 11.6 Å². The average Bonchev–Trinajstić information content (AvgIpc) is 3.39. The number of allylic oxidation sites excluding steroid dienone is 1. The predicted octanol–water partition coefficient (Wildman–Crippen LogP) is 6.89. The van der Waals surface area contributed by atoms with E-state index in [0.29, 0.717) is 16.8 Å². The standard InChI is InChI=1S/C28H26N4OS2/c1-4-19-13-15-21(16-14-19)26-30-27(33-31-26)24-18(2)32(22-11-8-12-23(17-22)35-3)28(34)29-25(24)20-9-6-5-7-10-20/h5-17,25H,4H2,1-3H3,(H,29,34). The molecular weight excluding hydrogens is 472 g/mol. The molecule has 0 amide bonds. The van der Waals surface area contributed by atoms with E-state index in [4.69, 9.17) is 21.7 Å². The highest BCUT2D eigenvalue weighted by molar-refractivity contribution is 7.98. The topological polar surface area (TPSA) is 54.2 Å². The number of hydrogen-bond donors (Lipinski definition) is 1. The highest BCUT2D eigenvalue weighted by Gasteiger charge is 2.34. The molecule has 0 saturated heterocycles. The fourth-order valence-corrected chi connectivity index (χ4v) is 5.13. The van der Waals surface area contributed by atoms with Crippen molar-refractivity contribution in [2.24, 2.45) is 0 Å². The molecule has 7 heteroatoms. The Morgan fingerprint density at radius 1 is 1.03 bits per heavy atom. The van der Waals surface area contributed by atoms with Gasteiger partial charge in [-0.3, -0.25) is 4.90 Å². The molecule has 0 spiro atoms. The van der Waals surface area contributed by atoms with Gasteiger partial charge in [-0.1, -0.05) is 72.7 Å². The zero-order chi connectivity index (χ0) is 24.4. The van der Waals surface area contributed by atoms with E-state index in [0.717, 1.165) is 34.5 Å². The van der Waals surface area contributed by atoms with Crippen molar-refractivity contribution >= 4 is 40.4 Å². The van der Waals surface area contributed by atoms with Gasteiger partial charge < -0.3 is 9.84 Å². The summed E-state index contributed by atoms with van der Waals surface area (Å²) >= 11 is 7.56. The Bertz CT molecular complexity index is 1380. The predicted molar refractivity (Wildman–Crippen MR) is 147 cm³/mol. The van der Waals surface area contributed by atoms with Crippen LogP contribution < -0.4 is 10.2 Å². The third kappa shape index (κ3) is 4.61. The van der Waals surface area contributed by atoms with E-state index in [1.165, 1.54) is 10.5 Å². The maximum atomic E-state index is 5.87. The molecular formula is C28H26N4OS2. The Balaban J connectivity index is 1.63. The molecule has 0 fully saturated rings. The second-order valence-electron chi connectivity index (χ2n) is 8.30. The summed E-state index contributed by atoms with van der Waals surface area (Å²) in [6.45, 7) is 4.20. The molecule has 1 aliphatic rings. The molecule has 3 aromatic carbocycles. The number of nitrogens with zero attached hydrogens (tertiary/aromatic N) is 3. The van der Waals surface area contributed by atoms with E-state index >= 15 is 0 Å². The number of anilines is 1. The van der Waals surface area contributed by atoms with Crippen LogP contribution in [0.25, 0.3) is 17.0 Å². The zero-order valence-corrected chi connectivity index (χ0v) is 21.5. The molecule has 0 saturated carbocycles. The molecule has 176 valence electrons. The summed E-state index contributed by atoms with van der Waals surface area (Å²) in [4.78, 5) is 8.04. The van der Waals surface area contributed by atoms with Crippen molar-refractivity contribution in [3.05, 3.63) is 102 Å². The van der Waals surface area contributed by atoms with Crippen LogP contribution in [0.1, 0.15) is 36.9 Å². The number of thiocarbonyl (C=S) groups is 1. The van der Waals surface area contributed by atoms with Gasteiger partial charge in [-0.2, -0.15) is 4.98 Å². The number of nitrogens with one attached hydrogen (secondary N) is 1. The maximum Gasteiger partial charge on any atom is 0.258 e. The third-order valence-electron chi connectivity index (χ3n) is 6.21. The van der Waals surface area contributed by atoms with Gasteiger partial charge >= 0.3 is 0 Å². The monoisotopic (exact) mass is 498 g/mol. The molecule has 1 unspecified atom stereocenters. The van der Waals surface area contributed by atoms with Crippen molar-refractivity contribution in [2.75, 3.05) is 11.2 Å². The molecule has 2 heterocycles. The summed E-state index contributed by atoms with van der Waals surface area (Å²) in [6.07, 6.45) is 3.06. The summed E-state index contributed by atoms with van der Waals surface area (Å²) in [6, 6.07) is 26.6. The van der Waals surface area contributed by atoms with E-state index in [-0.39, 0.29) is 6.04 Å². The average molecular weight is 499 g/mol. The second-order valence-corrected chi connectivity index (χ2v) is 9.57. The number of aryl methyl sites for hydroxylation is 1. The zero-order valence-electron chi connectivity index (χ0n) is 19.9. The van der Waals surface area contributed by atoms with Crippen molar-refractivity contribution in [3.8, 4) is 11.4 Å². The van der Waals surface area contributed by atoms with Crippen LogP contribution in [0.5, 0.6) is 0 Å². The summed E-state index contributed by atoms with van der Waals surface area (Å²) < 4.78 is 5.87. The van der Waals surface area contributed by atoms with Gasteiger partial charge in [0.25, 0.3) is 5.89 Å². The van der Waals surface area contributed by atoms with Crippen molar-refractivity contribution in [1.29, 1.82) is 0 Å². The first kappa shape index (κ1) is 23.3. The van der Waals surface area contributed by atoms with Gasteiger partial charge in [-0.25, -0.2) is 0 Å². The second kappa shape index (κ2) is 10.1. The van der Waals surface area contributed by atoms with Crippen LogP contribution in [0.2, 0.25) is 0 Å². The Morgan fingerprint density at radius 2 is 1.80 bits per heavy atom. The first-order valence-electron chi connectivity index (χ1n) is 11.5. The SMILES string of the molecule is CCc1ccc(-c2noc(C3=C(C)N(c4cccc(SC)c4)C(=S)NC3c3ccccc3)n2)cc1. The van der Waals surface area contributed by atoms with Gasteiger partial charge in [0.2, 0.25) is 5.82 Å². The fraction of sp³-hybridized carbons (Fsp3) is 0.179. The molecule has 1 aromatic heterocycles. The molecule has 0 bridgehead atoms. The van der Waals surface area contributed by atoms with E-state index in [2.05, 4.69) is 73.0 Å². The molecule has 5 nitrogen and oxygen atoms in total. The minimum Gasteiger partial charge on any atom is -0.351 e. The molecule has 0 aliphatic carbocycles. The van der Waals surface area contributed by atoms with Crippen LogP contribution in [0, 0.1) is 0 Å². The largest absolute Gasteiger partial charge is 0.351 e. The van der Waals surface area contributed by atoms with Crippen molar-refractivity contribution in [2.45, 2.75) is 31.2 Å². The summed E-state index contributed by atoms with van der Waals surface area (Å²) in [7, 11) is 0. The molecule has 0 radical (unpaired) electrons. The highest BCUT2D eigenvalue weighted by atomic mass is 32.2. The Labute approximate surface area is 215 Å². The number of benzene rings is 3. The molecule has 5 rings (SSSR count). The van der Waals surface area contributed by atoms with Gasteiger partial charge in [0.15, 0.2) is 5.11 Å². The van der Waals surface area contributed by atoms with Gasteiger partial charge in [0.1, 0.15) is 0 Å². The molecule has 1 N–H and O–H groups in total. The van der Waals surface area contributed by atoms with Crippen LogP contribution in [0.4, 0.5) is 5.69 Å². The normalized spacial score (nSPS) is 15.9. The highest BCUT2D eigenvalue weighted by Crippen LogP contribution is 2.39. The van der Waals surface area contributed by atoms with Crippen molar-refractivity contribution in [3.63, 3.8) is 0 Å². The number of aromatic nitrogens is 2. The van der Waals surface area contributed by atoms with Crippen LogP contribution in [0.3, 0.4) is 0 Å². The van der Waals surface area contributed by atoms with Crippen molar-refractivity contribution < 1.29 is 4.52 Å².